The first-order valence-corrected chi connectivity index (χ1v) is 6.86. The largest absolute Gasteiger partial charge is 0.383 e. The molecule has 1 aliphatic rings. The molecule has 7 heteroatoms. The number of nitrogens with zero attached hydrogens (tertiary/aromatic N) is 1. The topological polar surface area (TPSA) is 101 Å². The van der Waals surface area contributed by atoms with Crippen molar-refractivity contribution in [3.05, 3.63) is 6.20 Å². The molecule has 0 aromatic carbocycles. The van der Waals surface area contributed by atoms with Gasteiger partial charge in [0.05, 0.1) is 6.20 Å². The van der Waals surface area contributed by atoms with Crippen LogP contribution in [0.4, 0.5) is 5.82 Å². The highest BCUT2D eigenvalue weighted by atomic mass is 32.2. The average Bonchev–Trinajstić information content (AvgIpc) is 2.85. The molecule has 0 saturated heterocycles. The van der Waals surface area contributed by atoms with Gasteiger partial charge in [0.25, 0.3) is 0 Å². The van der Waals surface area contributed by atoms with Gasteiger partial charge in [0, 0.05) is 6.54 Å². The van der Waals surface area contributed by atoms with Gasteiger partial charge in [-0.1, -0.05) is 12.8 Å². The summed E-state index contributed by atoms with van der Waals surface area (Å²) in [4.78, 5) is 0.0329. The summed E-state index contributed by atoms with van der Waals surface area (Å²) < 4.78 is 26.2. The first kappa shape index (κ1) is 11.4. The summed E-state index contributed by atoms with van der Waals surface area (Å²) in [6.45, 7) is 0.493. The number of nitrogens with two attached hydrogens (primary N) is 1. The van der Waals surface area contributed by atoms with E-state index in [1.54, 1.807) is 0 Å². The van der Waals surface area contributed by atoms with Gasteiger partial charge in [0.2, 0.25) is 10.0 Å². The highest BCUT2D eigenvalue weighted by Gasteiger charge is 2.22. The third kappa shape index (κ3) is 2.35. The number of nitrogen functional groups attached to an aromatic ring is 1. The quantitative estimate of drug-likeness (QED) is 0.716. The van der Waals surface area contributed by atoms with E-state index in [9.17, 15) is 8.42 Å². The number of rotatable bonds is 4. The molecule has 1 aliphatic carbocycles. The van der Waals surface area contributed by atoms with Gasteiger partial charge in [-0.3, -0.25) is 5.10 Å². The zero-order valence-corrected chi connectivity index (χ0v) is 9.76. The molecule has 1 fully saturated rings. The van der Waals surface area contributed by atoms with Crippen molar-refractivity contribution in [2.75, 3.05) is 12.3 Å². The Hall–Kier alpha value is -1.08. The number of hydrogen-bond acceptors (Lipinski definition) is 4. The first-order chi connectivity index (χ1) is 7.59. The van der Waals surface area contributed by atoms with Crippen molar-refractivity contribution in [1.82, 2.24) is 14.9 Å². The molecule has 16 heavy (non-hydrogen) atoms. The van der Waals surface area contributed by atoms with Crippen LogP contribution in [0, 0.1) is 5.92 Å². The number of hydrogen-bond donors (Lipinski definition) is 3. The van der Waals surface area contributed by atoms with Crippen molar-refractivity contribution in [3.63, 3.8) is 0 Å². The van der Waals surface area contributed by atoms with Crippen LogP contribution in [-0.2, 0) is 10.0 Å². The van der Waals surface area contributed by atoms with E-state index >= 15 is 0 Å². The number of nitrogens with one attached hydrogen (secondary N) is 2. The Morgan fingerprint density at radius 3 is 2.75 bits per heavy atom. The van der Waals surface area contributed by atoms with Gasteiger partial charge in [-0.15, -0.1) is 0 Å². The zero-order chi connectivity index (χ0) is 11.6. The standard InChI is InChI=1S/C9H16N4O2S/c10-9-8(6-11-13-9)16(14,15)12-5-7-3-1-2-4-7/h6-7,12H,1-5H2,(H3,10,11,13). The lowest BCUT2D eigenvalue weighted by Crippen LogP contribution is -2.28. The van der Waals surface area contributed by atoms with Crippen molar-refractivity contribution < 1.29 is 8.42 Å². The van der Waals surface area contributed by atoms with Gasteiger partial charge < -0.3 is 5.73 Å². The number of aromatic nitrogens is 2. The Kier molecular flexibility index (Phi) is 3.15. The van der Waals surface area contributed by atoms with Crippen LogP contribution in [0.25, 0.3) is 0 Å². The lowest BCUT2D eigenvalue weighted by molar-refractivity contribution is 0.520. The van der Waals surface area contributed by atoms with Gasteiger partial charge >= 0.3 is 0 Å². The molecule has 0 atom stereocenters. The summed E-state index contributed by atoms with van der Waals surface area (Å²) in [5, 5.41) is 6.01. The molecule has 1 saturated carbocycles. The summed E-state index contributed by atoms with van der Waals surface area (Å²) in [5.41, 5.74) is 5.47. The van der Waals surface area contributed by atoms with Crippen molar-refractivity contribution in [2.45, 2.75) is 30.6 Å². The van der Waals surface area contributed by atoms with Gasteiger partial charge in [0.1, 0.15) is 10.7 Å². The van der Waals surface area contributed by atoms with E-state index in [1.807, 2.05) is 0 Å². The van der Waals surface area contributed by atoms with Crippen LogP contribution in [0.15, 0.2) is 11.1 Å². The maximum atomic E-state index is 11.8. The number of H-pyrrole nitrogens is 1. The fourth-order valence-electron chi connectivity index (χ4n) is 2.02. The third-order valence-corrected chi connectivity index (χ3v) is 4.41. The molecule has 0 aliphatic heterocycles. The zero-order valence-electron chi connectivity index (χ0n) is 8.94. The molecule has 0 radical (unpaired) electrons. The Morgan fingerprint density at radius 2 is 2.19 bits per heavy atom. The number of anilines is 1. The fourth-order valence-corrected chi connectivity index (χ4v) is 3.16. The molecule has 1 aromatic heterocycles. The molecule has 0 bridgehead atoms. The lowest BCUT2D eigenvalue weighted by atomic mass is 10.1. The summed E-state index contributed by atoms with van der Waals surface area (Å²) >= 11 is 0. The molecule has 0 unspecified atom stereocenters. The summed E-state index contributed by atoms with van der Waals surface area (Å²) in [6, 6.07) is 0. The minimum Gasteiger partial charge on any atom is -0.383 e. The first-order valence-electron chi connectivity index (χ1n) is 5.38. The van der Waals surface area contributed by atoms with E-state index in [0.29, 0.717) is 12.5 Å². The predicted molar refractivity (Wildman–Crippen MR) is 60.1 cm³/mol. The smallest absolute Gasteiger partial charge is 0.245 e. The molecular formula is C9H16N4O2S. The van der Waals surface area contributed by atoms with Gasteiger partial charge in [-0.25, -0.2) is 13.1 Å². The molecule has 2 rings (SSSR count). The number of sulfonamides is 1. The van der Waals surface area contributed by atoms with Crippen LogP contribution in [0.1, 0.15) is 25.7 Å². The van der Waals surface area contributed by atoms with Crippen molar-refractivity contribution in [1.29, 1.82) is 0 Å². The summed E-state index contributed by atoms with van der Waals surface area (Å²) in [6.07, 6.45) is 5.82. The van der Waals surface area contributed by atoms with E-state index < -0.39 is 10.0 Å². The van der Waals surface area contributed by atoms with E-state index in [2.05, 4.69) is 14.9 Å². The fraction of sp³-hybridized carbons (Fsp3) is 0.667. The minimum absolute atomic E-state index is 0.0329. The molecule has 4 N–H and O–H groups in total. The Bertz CT molecular complexity index is 448. The van der Waals surface area contributed by atoms with Crippen molar-refractivity contribution >= 4 is 15.8 Å². The van der Waals surface area contributed by atoms with Crippen LogP contribution >= 0.6 is 0 Å². The van der Waals surface area contributed by atoms with Crippen LogP contribution in [0.3, 0.4) is 0 Å². The second-order valence-corrected chi connectivity index (χ2v) is 5.89. The van der Waals surface area contributed by atoms with E-state index in [1.165, 1.54) is 19.0 Å². The average molecular weight is 244 g/mol. The Balaban J connectivity index is 2.00. The van der Waals surface area contributed by atoms with Crippen molar-refractivity contribution in [3.8, 4) is 0 Å². The molecule has 0 spiro atoms. The van der Waals surface area contributed by atoms with Gasteiger partial charge in [-0.2, -0.15) is 5.10 Å². The predicted octanol–water partition coefficient (Wildman–Crippen LogP) is 0.460. The van der Waals surface area contributed by atoms with E-state index in [4.69, 9.17) is 5.73 Å². The highest BCUT2D eigenvalue weighted by molar-refractivity contribution is 7.89. The van der Waals surface area contributed by atoms with Crippen LogP contribution in [0.2, 0.25) is 0 Å². The molecule has 90 valence electrons. The lowest BCUT2D eigenvalue weighted by Gasteiger charge is -2.10. The molecule has 1 aromatic rings. The second-order valence-electron chi connectivity index (χ2n) is 4.15. The second kappa shape index (κ2) is 4.42. The van der Waals surface area contributed by atoms with E-state index in [-0.39, 0.29) is 10.7 Å². The highest BCUT2D eigenvalue weighted by Crippen LogP contribution is 2.24. The summed E-state index contributed by atoms with van der Waals surface area (Å²) in [7, 11) is -3.50. The maximum absolute atomic E-state index is 11.8. The monoisotopic (exact) mass is 244 g/mol. The van der Waals surface area contributed by atoms with Crippen LogP contribution in [-0.4, -0.2) is 25.2 Å². The Labute approximate surface area is 94.7 Å². The normalized spacial score (nSPS) is 18.0. The van der Waals surface area contributed by atoms with Crippen LogP contribution in [0.5, 0.6) is 0 Å². The van der Waals surface area contributed by atoms with Crippen LogP contribution < -0.4 is 10.5 Å². The third-order valence-electron chi connectivity index (χ3n) is 2.96. The van der Waals surface area contributed by atoms with E-state index in [0.717, 1.165) is 12.8 Å². The molecule has 6 nitrogen and oxygen atoms in total. The molecule has 0 amide bonds. The Morgan fingerprint density at radius 1 is 1.50 bits per heavy atom. The van der Waals surface area contributed by atoms with Gasteiger partial charge in [0.15, 0.2) is 0 Å². The molecular weight excluding hydrogens is 228 g/mol. The van der Waals surface area contributed by atoms with Gasteiger partial charge in [-0.05, 0) is 18.8 Å². The number of aromatic amines is 1. The molecule has 1 heterocycles. The minimum atomic E-state index is -3.50. The SMILES string of the molecule is Nc1[nH]ncc1S(=O)(=O)NCC1CCCC1. The maximum Gasteiger partial charge on any atom is 0.245 e. The summed E-state index contributed by atoms with van der Waals surface area (Å²) in [5.74, 6) is 0.543. The van der Waals surface area contributed by atoms with Crippen molar-refractivity contribution in [2.24, 2.45) is 5.92 Å².